The van der Waals surface area contributed by atoms with Gasteiger partial charge in [-0.15, -0.1) is 24.8 Å². The van der Waals surface area contributed by atoms with E-state index in [1.807, 2.05) is 78.6 Å². The van der Waals surface area contributed by atoms with Crippen LogP contribution in [0.1, 0.15) is 0 Å². The third kappa shape index (κ3) is 4.31. The Morgan fingerprint density at radius 3 is 1.21 bits per heavy atom. The second kappa shape index (κ2) is 11.0. The van der Waals surface area contributed by atoms with Crippen LogP contribution in [0.3, 0.4) is 0 Å². The van der Waals surface area contributed by atoms with E-state index in [2.05, 4.69) is 48.5 Å². The predicted molar refractivity (Wildman–Crippen MR) is 154 cm³/mol. The molecule has 1 heterocycles. The molecule has 6 heteroatoms. The van der Waals surface area contributed by atoms with Crippen molar-refractivity contribution in [1.29, 1.82) is 0 Å². The van der Waals surface area contributed by atoms with Gasteiger partial charge in [-0.1, -0.05) is 72.8 Å². The third-order valence-electron chi connectivity index (χ3n) is 6.38. The highest BCUT2D eigenvalue weighted by Crippen LogP contribution is 2.76. The lowest BCUT2D eigenvalue weighted by atomic mass is 10.4. The maximum atomic E-state index is 12.0. The van der Waals surface area contributed by atoms with Gasteiger partial charge in [0.25, 0.3) is 5.50 Å². The van der Waals surface area contributed by atoms with Crippen LogP contribution in [0.2, 0.25) is 0 Å². The Morgan fingerprint density at radius 2 is 0.853 bits per heavy atom. The van der Waals surface area contributed by atoms with Gasteiger partial charge in [-0.05, 0) is 48.5 Å². The average Bonchev–Trinajstić information content (AvgIpc) is 2.87. The molecule has 0 fully saturated rings. The Balaban J connectivity index is 0.00000162. The molecule has 0 amide bonds. The van der Waals surface area contributed by atoms with Crippen molar-refractivity contribution in [3.8, 4) is 0 Å². The fourth-order valence-electron chi connectivity index (χ4n) is 4.82. The van der Waals surface area contributed by atoms with Gasteiger partial charge in [0.2, 0.25) is 5.85 Å². The number of rotatable bonds is 4. The highest BCUT2D eigenvalue weighted by Gasteiger charge is 2.64. The first kappa shape index (κ1) is 26.4. The summed E-state index contributed by atoms with van der Waals surface area (Å²) < 4.78 is 0. The van der Waals surface area contributed by atoms with Crippen LogP contribution in [-0.4, -0.2) is 22.2 Å². The van der Waals surface area contributed by atoms with Crippen molar-refractivity contribution in [2.45, 2.75) is 5.85 Å². The molecule has 0 aliphatic carbocycles. The Bertz CT molecular complexity index is 1140. The first-order chi connectivity index (χ1) is 15.7. The maximum absolute atomic E-state index is 12.0. The van der Waals surface area contributed by atoms with E-state index in [1.165, 1.54) is 0 Å². The molecule has 0 saturated heterocycles. The van der Waals surface area contributed by atoms with Gasteiger partial charge in [-0.3, -0.25) is 0 Å². The summed E-state index contributed by atoms with van der Waals surface area (Å²) in [6, 6.07) is 40.8. The van der Waals surface area contributed by atoms with E-state index >= 15 is 0 Å². The summed E-state index contributed by atoms with van der Waals surface area (Å²) in [5.74, 6) is 1.44. The van der Waals surface area contributed by atoms with Gasteiger partial charge in [0.15, 0.2) is 13.1 Å². The van der Waals surface area contributed by atoms with E-state index in [0.29, 0.717) is 11.7 Å². The van der Waals surface area contributed by atoms with Crippen LogP contribution in [0.25, 0.3) is 0 Å². The molecule has 4 aromatic carbocycles. The molecule has 0 spiro atoms. The maximum Gasteiger partial charge on any atom is 0.284 e. The van der Waals surface area contributed by atoms with Crippen molar-refractivity contribution < 1.29 is 10.2 Å². The summed E-state index contributed by atoms with van der Waals surface area (Å²) in [5, 5.41) is 28.3. The van der Waals surface area contributed by atoms with Gasteiger partial charge >= 0.3 is 0 Å². The minimum Gasteiger partial charge on any atom is -0.479 e. The number of hydrogen-bond acceptors (Lipinski definition) is 2. The zero-order valence-electron chi connectivity index (χ0n) is 18.5. The zero-order chi connectivity index (χ0) is 22.0. The second-order valence-corrected chi connectivity index (χ2v) is 15.0. The molecule has 5 rings (SSSR count). The minimum absolute atomic E-state index is 0. The molecule has 0 bridgehead atoms. The van der Waals surface area contributed by atoms with Crippen LogP contribution in [0.4, 0.5) is 0 Å². The molecule has 34 heavy (non-hydrogen) atoms. The van der Waals surface area contributed by atoms with Crippen LogP contribution in [-0.2, 0) is 0 Å². The summed E-state index contributed by atoms with van der Waals surface area (Å²) in [4.78, 5) is 0. The number of halogens is 2. The molecule has 1 atom stereocenters. The molecular weight excluding hydrogens is 501 g/mol. The number of hydrogen-bond donors (Lipinski definition) is 2. The van der Waals surface area contributed by atoms with Crippen molar-refractivity contribution >= 4 is 60.6 Å². The lowest BCUT2D eigenvalue weighted by molar-refractivity contribution is 0.279. The van der Waals surface area contributed by atoms with Gasteiger partial charge in [-0.2, -0.15) is 0 Å². The Morgan fingerprint density at radius 1 is 0.529 bits per heavy atom. The highest BCUT2D eigenvalue weighted by atomic mass is 35.5. The van der Waals surface area contributed by atoms with E-state index < -0.39 is 20.4 Å². The first-order valence-electron chi connectivity index (χ1n) is 10.8. The number of benzene rings is 4. The Labute approximate surface area is 214 Å². The predicted octanol–water partition coefficient (Wildman–Crippen LogP) is 5.86. The van der Waals surface area contributed by atoms with Gasteiger partial charge < -0.3 is 10.2 Å². The summed E-state index contributed by atoms with van der Waals surface area (Å²) in [6.45, 7) is 0. The highest BCUT2D eigenvalue weighted by molar-refractivity contribution is 7.99. The van der Waals surface area contributed by atoms with Crippen molar-refractivity contribution in [1.82, 2.24) is 0 Å². The van der Waals surface area contributed by atoms with E-state index in [-0.39, 0.29) is 24.8 Å². The number of aliphatic hydroxyl groups is 2. The molecule has 0 aromatic heterocycles. The zero-order valence-corrected chi connectivity index (χ0v) is 21.9. The van der Waals surface area contributed by atoms with E-state index in [4.69, 9.17) is 0 Å². The van der Waals surface area contributed by atoms with Gasteiger partial charge in [0, 0.05) is 0 Å². The molecule has 0 saturated carbocycles. The van der Waals surface area contributed by atoms with Crippen molar-refractivity contribution in [2.75, 3.05) is 6.16 Å². The third-order valence-corrected chi connectivity index (χ3v) is 15.1. The van der Waals surface area contributed by atoms with E-state index in [1.54, 1.807) is 0 Å². The fourth-order valence-corrected chi connectivity index (χ4v) is 14.4. The molecular formula is C28H28Cl2O2P2+2. The molecule has 1 aliphatic heterocycles. The molecule has 2 N–H and O–H groups in total. The van der Waals surface area contributed by atoms with Crippen LogP contribution in [0.5, 0.6) is 0 Å². The van der Waals surface area contributed by atoms with Crippen LogP contribution < -0.4 is 21.2 Å². The van der Waals surface area contributed by atoms with E-state index in [9.17, 15) is 10.2 Å². The quantitative estimate of drug-likeness (QED) is 0.326. The monoisotopic (exact) mass is 528 g/mol. The molecule has 2 nitrogen and oxygen atoms in total. The standard InChI is InChI=1S/C28H25O2P2.2ClH/c29-27-22-32(25-17-9-3-10-18-25,26-19-11-4-12-20-26)28(30)21-31(27,23-13-5-1-6-14-23)24-15-7-2-8-16-24;;/h1-21,27,29H,22H2;2*1H/q+1;;/p+1. The topological polar surface area (TPSA) is 40.5 Å². The fraction of sp³-hybridized carbons (Fsp3) is 0.0714. The smallest absolute Gasteiger partial charge is 0.284 e. The largest absolute Gasteiger partial charge is 0.479 e. The lowest BCUT2D eigenvalue weighted by Gasteiger charge is -2.37. The normalized spacial score (nSPS) is 18.0. The second-order valence-electron chi connectivity index (χ2n) is 8.08. The molecule has 1 unspecified atom stereocenters. The lowest BCUT2D eigenvalue weighted by Crippen LogP contribution is -2.40. The van der Waals surface area contributed by atoms with Crippen molar-refractivity contribution in [3.05, 3.63) is 133 Å². The van der Waals surface area contributed by atoms with Gasteiger partial charge in [-0.25, -0.2) is 0 Å². The van der Waals surface area contributed by atoms with Crippen molar-refractivity contribution in [2.24, 2.45) is 0 Å². The molecule has 4 aromatic rings. The molecule has 1 aliphatic rings. The summed E-state index contributed by atoms with van der Waals surface area (Å²) >= 11 is 0. The summed E-state index contributed by atoms with van der Waals surface area (Å²) in [7, 11) is -4.76. The van der Waals surface area contributed by atoms with Crippen LogP contribution in [0.15, 0.2) is 133 Å². The van der Waals surface area contributed by atoms with Crippen LogP contribution >= 0.6 is 39.3 Å². The number of aliphatic hydroxyl groups excluding tert-OH is 2. The van der Waals surface area contributed by atoms with Gasteiger partial charge in [0.1, 0.15) is 34.6 Å². The van der Waals surface area contributed by atoms with Gasteiger partial charge in [0.05, 0.1) is 0 Å². The molecule has 174 valence electrons. The Hall–Kier alpha value is -2.18. The minimum atomic E-state index is -2.39. The summed E-state index contributed by atoms with van der Waals surface area (Å²) in [6.07, 6.45) is 0.515. The average molecular weight is 529 g/mol. The Kier molecular flexibility index (Phi) is 8.58. The van der Waals surface area contributed by atoms with E-state index in [0.717, 1.165) is 21.2 Å². The SMILES string of the molecule is Cl.Cl.OC1=C[P+](c2ccccc2)(c2ccccc2)C(O)C[P+]1(c1ccccc1)c1ccccc1. The van der Waals surface area contributed by atoms with Crippen LogP contribution in [0, 0.1) is 0 Å². The first-order valence-corrected chi connectivity index (χ1v) is 14.7. The molecule has 0 radical (unpaired) electrons. The summed E-state index contributed by atoms with van der Waals surface area (Å²) in [5.41, 5.74) is 0.418. The van der Waals surface area contributed by atoms with Crippen molar-refractivity contribution in [3.63, 3.8) is 0 Å².